The Labute approximate surface area is 133 Å². The SMILES string of the molecule is CCNSc1cnc2ccc(-c3cc(C)c(=O)n(C)c3)cn12. The fourth-order valence-electron chi connectivity index (χ4n) is 2.39. The van der Waals surface area contributed by atoms with E-state index in [9.17, 15) is 4.79 Å². The highest BCUT2D eigenvalue weighted by Crippen LogP contribution is 2.23. The molecule has 6 heteroatoms. The molecule has 0 bridgehead atoms. The summed E-state index contributed by atoms with van der Waals surface area (Å²) in [4.78, 5) is 16.2. The van der Waals surface area contributed by atoms with Crippen molar-refractivity contribution in [1.29, 1.82) is 0 Å². The molecule has 22 heavy (non-hydrogen) atoms. The van der Waals surface area contributed by atoms with Crippen LogP contribution < -0.4 is 10.3 Å². The van der Waals surface area contributed by atoms with Crippen LogP contribution in [-0.4, -0.2) is 20.5 Å². The number of aryl methyl sites for hydroxylation is 2. The van der Waals surface area contributed by atoms with Crippen molar-refractivity contribution < 1.29 is 0 Å². The van der Waals surface area contributed by atoms with E-state index in [4.69, 9.17) is 0 Å². The van der Waals surface area contributed by atoms with Crippen LogP contribution in [0.25, 0.3) is 16.8 Å². The predicted molar refractivity (Wildman–Crippen MR) is 90.1 cm³/mol. The number of hydrogen-bond acceptors (Lipinski definition) is 4. The van der Waals surface area contributed by atoms with Gasteiger partial charge in [-0.1, -0.05) is 6.92 Å². The van der Waals surface area contributed by atoms with Gasteiger partial charge in [0.2, 0.25) is 0 Å². The molecule has 1 N–H and O–H groups in total. The molecule has 0 spiro atoms. The zero-order valence-electron chi connectivity index (χ0n) is 12.8. The monoisotopic (exact) mass is 314 g/mol. The van der Waals surface area contributed by atoms with Crippen LogP contribution in [0.3, 0.4) is 0 Å². The first kappa shape index (κ1) is 14.9. The molecule has 0 aliphatic rings. The van der Waals surface area contributed by atoms with Crippen molar-refractivity contribution in [3.63, 3.8) is 0 Å². The van der Waals surface area contributed by atoms with E-state index in [1.165, 1.54) is 0 Å². The molecule has 0 unspecified atom stereocenters. The van der Waals surface area contributed by atoms with Gasteiger partial charge in [-0.15, -0.1) is 0 Å². The van der Waals surface area contributed by atoms with E-state index < -0.39 is 0 Å². The average Bonchev–Trinajstić information content (AvgIpc) is 2.92. The molecule has 0 saturated carbocycles. The van der Waals surface area contributed by atoms with Gasteiger partial charge in [0.05, 0.1) is 6.20 Å². The van der Waals surface area contributed by atoms with Crippen LogP contribution in [0.5, 0.6) is 0 Å². The molecule has 0 aliphatic carbocycles. The summed E-state index contributed by atoms with van der Waals surface area (Å²) in [7, 11) is 1.78. The van der Waals surface area contributed by atoms with Crippen molar-refractivity contribution >= 4 is 17.6 Å². The first-order valence-electron chi connectivity index (χ1n) is 7.14. The van der Waals surface area contributed by atoms with Gasteiger partial charge in [-0.05, 0) is 48.2 Å². The standard InChI is InChI=1S/C16H18N4OS/c1-4-18-22-15-8-17-14-6-5-12(10-20(14)15)13-7-11(2)16(21)19(3)9-13/h5-10,18H,4H2,1-3H3. The van der Waals surface area contributed by atoms with E-state index in [0.29, 0.717) is 0 Å². The Morgan fingerprint density at radius 1 is 1.27 bits per heavy atom. The largest absolute Gasteiger partial charge is 0.318 e. The number of hydrogen-bond donors (Lipinski definition) is 1. The zero-order chi connectivity index (χ0) is 15.7. The maximum Gasteiger partial charge on any atom is 0.253 e. The maximum absolute atomic E-state index is 11.8. The average molecular weight is 314 g/mol. The minimum Gasteiger partial charge on any atom is -0.318 e. The normalized spacial score (nSPS) is 11.2. The van der Waals surface area contributed by atoms with Gasteiger partial charge in [-0.25, -0.2) is 4.98 Å². The molecular weight excluding hydrogens is 296 g/mol. The molecule has 3 rings (SSSR count). The summed E-state index contributed by atoms with van der Waals surface area (Å²) in [5, 5.41) is 1.04. The van der Waals surface area contributed by atoms with E-state index >= 15 is 0 Å². The molecule has 5 nitrogen and oxygen atoms in total. The van der Waals surface area contributed by atoms with Gasteiger partial charge in [0, 0.05) is 31.5 Å². The molecule has 0 atom stereocenters. The molecule has 3 aromatic heterocycles. The Bertz CT molecular complexity index is 855. The van der Waals surface area contributed by atoms with E-state index in [0.717, 1.165) is 33.9 Å². The summed E-state index contributed by atoms with van der Waals surface area (Å²) < 4.78 is 6.92. The Kier molecular flexibility index (Phi) is 4.04. The lowest BCUT2D eigenvalue weighted by Gasteiger charge is -2.08. The number of imidazole rings is 1. The fraction of sp³-hybridized carbons (Fsp3) is 0.250. The zero-order valence-corrected chi connectivity index (χ0v) is 13.6. The number of fused-ring (bicyclic) bond motifs is 1. The molecular formula is C16H18N4OS. The van der Waals surface area contributed by atoms with Gasteiger partial charge in [0.15, 0.2) is 0 Å². The summed E-state index contributed by atoms with van der Waals surface area (Å²) in [5.74, 6) is 0. The van der Waals surface area contributed by atoms with Crippen LogP contribution in [-0.2, 0) is 7.05 Å². The molecule has 0 amide bonds. The van der Waals surface area contributed by atoms with Crippen LogP contribution in [0.2, 0.25) is 0 Å². The summed E-state index contributed by atoms with van der Waals surface area (Å²) in [6.45, 7) is 4.79. The third-order valence-electron chi connectivity index (χ3n) is 3.49. The smallest absolute Gasteiger partial charge is 0.253 e. The lowest BCUT2D eigenvalue weighted by molar-refractivity contribution is 0.850. The second-order valence-corrected chi connectivity index (χ2v) is 6.08. The Morgan fingerprint density at radius 2 is 2.09 bits per heavy atom. The van der Waals surface area contributed by atoms with E-state index in [2.05, 4.69) is 27.2 Å². The first-order chi connectivity index (χ1) is 10.6. The van der Waals surface area contributed by atoms with Gasteiger partial charge >= 0.3 is 0 Å². The predicted octanol–water partition coefficient (Wildman–Crippen LogP) is 2.63. The summed E-state index contributed by atoms with van der Waals surface area (Å²) in [6, 6.07) is 5.95. The van der Waals surface area contributed by atoms with Gasteiger partial charge in [-0.3, -0.25) is 13.9 Å². The van der Waals surface area contributed by atoms with Crippen molar-refractivity contribution in [2.24, 2.45) is 7.05 Å². The van der Waals surface area contributed by atoms with Crippen molar-refractivity contribution in [1.82, 2.24) is 18.7 Å². The molecule has 114 valence electrons. The Hall–Kier alpha value is -2.05. The number of nitrogens with one attached hydrogen (secondary N) is 1. The highest BCUT2D eigenvalue weighted by Gasteiger charge is 2.07. The fourth-order valence-corrected chi connectivity index (χ4v) is 3.03. The van der Waals surface area contributed by atoms with E-state index in [-0.39, 0.29) is 5.56 Å². The number of pyridine rings is 2. The third-order valence-corrected chi connectivity index (χ3v) is 4.43. The van der Waals surface area contributed by atoms with Crippen LogP contribution in [0, 0.1) is 6.92 Å². The molecule has 0 fully saturated rings. The van der Waals surface area contributed by atoms with Crippen LogP contribution in [0.15, 0.2) is 46.6 Å². The highest BCUT2D eigenvalue weighted by molar-refractivity contribution is 7.97. The quantitative estimate of drug-likeness (QED) is 0.752. The topological polar surface area (TPSA) is 51.3 Å². The van der Waals surface area contributed by atoms with Gasteiger partial charge in [-0.2, -0.15) is 0 Å². The molecule has 0 saturated heterocycles. The lowest BCUT2D eigenvalue weighted by atomic mass is 10.1. The molecule has 0 aliphatic heterocycles. The molecule has 0 aromatic carbocycles. The number of aromatic nitrogens is 3. The van der Waals surface area contributed by atoms with Crippen LogP contribution >= 0.6 is 11.9 Å². The van der Waals surface area contributed by atoms with Crippen LogP contribution in [0.4, 0.5) is 0 Å². The van der Waals surface area contributed by atoms with Crippen molar-refractivity contribution in [2.45, 2.75) is 18.9 Å². The van der Waals surface area contributed by atoms with Crippen molar-refractivity contribution in [2.75, 3.05) is 6.54 Å². The minimum atomic E-state index is 0.0378. The second kappa shape index (κ2) is 5.98. The number of rotatable bonds is 4. The van der Waals surface area contributed by atoms with Gasteiger partial charge < -0.3 is 4.57 Å². The Balaban J connectivity index is 2.09. The maximum atomic E-state index is 11.8. The van der Waals surface area contributed by atoms with Crippen LogP contribution in [0.1, 0.15) is 12.5 Å². The molecule has 3 heterocycles. The molecule has 0 radical (unpaired) electrons. The lowest BCUT2D eigenvalue weighted by Crippen LogP contribution is -2.18. The van der Waals surface area contributed by atoms with Crippen molar-refractivity contribution in [3.8, 4) is 11.1 Å². The van der Waals surface area contributed by atoms with E-state index in [1.807, 2.05) is 37.5 Å². The minimum absolute atomic E-state index is 0.0378. The summed E-state index contributed by atoms with van der Waals surface area (Å²) in [5.41, 5.74) is 3.77. The second-order valence-electron chi connectivity index (χ2n) is 5.17. The van der Waals surface area contributed by atoms with Gasteiger partial charge in [0.1, 0.15) is 10.7 Å². The van der Waals surface area contributed by atoms with Crippen molar-refractivity contribution in [3.05, 3.63) is 52.7 Å². The Morgan fingerprint density at radius 3 is 2.82 bits per heavy atom. The third kappa shape index (κ3) is 2.67. The van der Waals surface area contributed by atoms with Gasteiger partial charge in [0.25, 0.3) is 5.56 Å². The summed E-state index contributed by atoms with van der Waals surface area (Å²) in [6.07, 6.45) is 5.78. The van der Waals surface area contributed by atoms with E-state index in [1.54, 1.807) is 23.6 Å². The molecule has 3 aromatic rings. The first-order valence-corrected chi connectivity index (χ1v) is 7.96. The summed E-state index contributed by atoms with van der Waals surface area (Å²) >= 11 is 1.56. The highest BCUT2D eigenvalue weighted by atomic mass is 32.2. The number of nitrogens with zero attached hydrogens (tertiary/aromatic N) is 3.